The van der Waals surface area contributed by atoms with Crippen LogP contribution in [0.4, 0.5) is 5.69 Å². The topological polar surface area (TPSA) is 94.2 Å². The second kappa shape index (κ2) is 10.1. The van der Waals surface area contributed by atoms with E-state index in [1.165, 1.54) is 0 Å². The average Bonchev–Trinajstić information content (AvgIpc) is 3.06. The Hall–Kier alpha value is -3.39. The van der Waals surface area contributed by atoms with E-state index in [2.05, 4.69) is 5.32 Å². The number of nitrogens with zero attached hydrogens (tertiary/aromatic N) is 1. The zero-order chi connectivity index (χ0) is 22.4. The number of carbonyl (C=O) groups is 3. The molecule has 164 valence electrons. The molecule has 2 amide bonds. The Balaban J connectivity index is 1.59. The lowest BCUT2D eigenvalue weighted by Crippen LogP contribution is -2.39. The molecular weight excluding hydrogens is 400 g/mol. The van der Waals surface area contributed by atoms with Gasteiger partial charge in [0.15, 0.2) is 11.5 Å². The standard InChI is InChI=1S/C23H26N2O6/c1-4-31-23(28)16-6-8-17(9-7-16)25-21(26)14-18(22(25)27)24-12-11-15-5-10-19(29-2)20(13-15)30-3/h5-10,13,18,24H,4,11-12,14H2,1-3H3/t18-/m1/s1. The first-order chi connectivity index (χ1) is 15.0. The number of esters is 1. The summed E-state index contributed by atoms with van der Waals surface area (Å²) in [5.74, 6) is 0.270. The second-order valence-corrected chi connectivity index (χ2v) is 6.98. The largest absolute Gasteiger partial charge is 0.493 e. The van der Waals surface area contributed by atoms with Crippen LogP contribution in [-0.4, -0.2) is 51.2 Å². The maximum absolute atomic E-state index is 12.8. The highest BCUT2D eigenvalue weighted by molar-refractivity contribution is 6.22. The zero-order valence-corrected chi connectivity index (χ0v) is 17.8. The summed E-state index contributed by atoms with van der Waals surface area (Å²) < 4.78 is 15.5. The number of hydrogen-bond acceptors (Lipinski definition) is 7. The third kappa shape index (κ3) is 5.03. The summed E-state index contributed by atoms with van der Waals surface area (Å²) in [6.45, 7) is 2.53. The van der Waals surface area contributed by atoms with Gasteiger partial charge in [-0.05, 0) is 61.9 Å². The molecule has 0 bridgehead atoms. The summed E-state index contributed by atoms with van der Waals surface area (Å²) in [7, 11) is 3.16. The van der Waals surface area contributed by atoms with E-state index in [1.54, 1.807) is 45.4 Å². The Labute approximate surface area is 181 Å². The van der Waals surface area contributed by atoms with Gasteiger partial charge in [0.1, 0.15) is 0 Å². The maximum Gasteiger partial charge on any atom is 0.338 e. The van der Waals surface area contributed by atoms with Crippen LogP contribution in [0.5, 0.6) is 11.5 Å². The van der Waals surface area contributed by atoms with Crippen LogP contribution in [0, 0.1) is 0 Å². The van der Waals surface area contributed by atoms with Gasteiger partial charge in [0.05, 0.1) is 44.5 Å². The van der Waals surface area contributed by atoms with Crippen molar-refractivity contribution in [3.8, 4) is 11.5 Å². The summed E-state index contributed by atoms with van der Waals surface area (Å²) in [6.07, 6.45) is 0.747. The monoisotopic (exact) mass is 426 g/mol. The number of benzene rings is 2. The molecule has 1 N–H and O–H groups in total. The molecule has 31 heavy (non-hydrogen) atoms. The van der Waals surface area contributed by atoms with Gasteiger partial charge in [-0.3, -0.25) is 9.59 Å². The number of methoxy groups -OCH3 is 2. The fourth-order valence-electron chi connectivity index (χ4n) is 3.45. The Bertz CT molecular complexity index is 957. The SMILES string of the molecule is CCOC(=O)c1ccc(N2C(=O)C[C@@H](NCCc3ccc(OC)c(OC)c3)C2=O)cc1. The van der Waals surface area contributed by atoms with Crippen molar-refractivity contribution in [3.63, 3.8) is 0 Å². The molecule has 1 aliphatic heterocycles. The molecule has 0 aromatic heterocycles. The van der Waals surface area contributed by atoms with Crippen LogP contribution in [0.15, 0.2) is 42.5 Å². The third-order valence-electron chi connectivity index (χ3n) is 5.04. The molecule has 3 rings (SSSR count). The highest BCUT2D eigenvalue weighted by atomic mass is 16.5. The van der Waals surface area contributed by atoms with Crippen molar-refractivity contribution in [2.24, 2.45) is 0 Å². The van der Waals surface area contributed by atoms with E-state index in [0.717, 1.165) is 10.5 Å². The first-order valence-electron chi connectivity index (χ1n) is 10.1. The van der Waals surface area contributed by atoms with Gasteiger partial charge in [0.25, 0.3) is 5.91 Å². The lowest BCUT2D eigenvalue weighted by molar-refractivity contribution is -0.121. The third-order valence-corrected chi connectivity index (χ3v) is 5.04. The summed E-state index contributed by atoms with van der Waals surface area (Å²) in [5.41, 5.74) is 1.83. The molecule has 2 aromatic carbocycles. The molecule has 1 fully saturated rings. The van der Waals surface area contributed by atoms with E-state index in [4.69, 9.17) is 14.2 Å². The van der Waals surface area contributed by atoms with E-state index >= 15 is 0 Å². The number of amides is 2. The number of anilines is 1. The molecule has 0 saturated carbocycles. The Kier molecular flexibility index (Phi) is 7.25. The molecule has 0 unspecified atom stereocenters. The van der Waals surface area contributed by atoms with Gasteiger partial charge in [0, 0.05) is 0 Å². The smallest absolute Gasteiger partial charge is 0.338 e. The fourth-order valence-corrected chi connectivity index (χ4v) is 3.45. The van der Waals surface area contributed by atoms with Crippen LogP contribution in [0.25, 0.3) is 0 Å². The Morgan fingerprint density at radius 3 is 2.42 bits per heavy atom. The number of nitrogens with one attached hydrogen (secondary N) is 1. The van der Waals surface area contributed by atoms with E-state index in [1.807, 2.05) is 18.2 Å². The molecule has 0 radical (unpaired) electrons. The highest BCUT2D eigenvalue weighted by Crippen LogP contribution is 2.28. The van der Waals surface area contributed by atoms with E-state index in [0.29, 0.717) is 35.7 Å². The van der Waals surface area contributed by atoms with E-state index < -0.39 is 12.0 Å². The lowest BCUT2D eigenvalue weighted by atomic mass is 10.1. The van der Waals surface area contributed by atoms with Crippen molar-refractivity contribution in [1.82, 2.24) is 5.32 Å². The highest BCUT2D eigenvalue weighted by Gasteiger charge is 2.39. The first kappa shape index (κ1) is 22.3. The quantitative estimate of drug-likeness (QED) is 0.486. The molecule has 1 aliphatic rings. The average molecular weight is 426 g/mol. The van der Waals surface area contributed by atoms with Crippen molar-refractivity contribution < 1.29 is 28.6 Å². The van der Waals surface area contributed by atoms with Crippen molar-refractivity contribution >= 4 is 23.5 Å². The molecular formula is C23H26N2O6. The summed E-state index contributed by atoms with van der Waals surface area (Å²) in [6, 6.07) is 11.3. The minimum atomic E-state index is -0.586. The molecule has 0 spiro atoms. The van der Waals surface area contributed by atoms with Gasteiger partial charge in [-0.2, -0.15) is 0 Å². The molecule has 1 saturated heterocycles. The fraction of sp³-hybridized carbons (Fsp3) is 0.348. The molecule has 0 aliphatic carbocycles. The van der Waals surface area contributed by atoms with Gasteiger partial charge >= 0.3 is 5.97 Å². The van der Waals surface area contributed by atoms with Gasteiger partial charge in [-0.1, -0.05) is 6.07 Å². The minimum Gasteiger partial charge on any atom is -0.493 e. The van der Waals surface area contributed by atoms with Crippen LogP contribution in [-0.2, 0) is 20.7 Å². The van der Waals surface area contributed by atoms with Crippen molar-refractivity contribution in [3.05, 3.63) is 53.6 Å². The molecule has 8 nitrogen and oxygen atoms in total. The van der Waals surface area contributed by atoms with Gasteiger partial charge in [0.2, 0.25) is 5.91 Å². The summed E-state index contributed by atoms with van der Waals surface area (Å²) in [4.78, 5) is 38.2. The summed E-state index contributed by atoms with van der Waals surface area (Å²) >= 11 is 0. The Morgan fingerprint density at radius 1 is 1.06 bits per heavy atom. The van der Waals surface area contributed by atoms with Crippen molar-refractivity contribution in [2.45, 2.75) is 25.8 Å². The van der Waals surface area contributed by atoms with Gasteiger partial charge in [-0.15, -0.1) is 0 Å². The normalized spacial score (nSPS) is 15.8. The van der Waals surface area contributed by atoms with E-state index in [-0.39, 0.29) is 24.8 Å². The molecule has 2 aromatic rings. The first-order valence-corrected chi connectivity index (χ1v) is 10.1. The van der Waals surface area contributed by atoms with E-state index in [9.17, 15) is 14.4 Å². The number of rotatable bonds is 9. The predicted molar refractivity (Wildman–Crippen MR) is 115 cm³/mol. The molecule has 1 heterocycles. The predicted octanol–water partition coefficient (Wildman–Crippen LogP) is 2.34. The number of carbonyl (C=O) groups excluding carboxylic acids is 3. The van der Waals surface area contributed by atoms with Crippen LogP contribution in [0.3, 0.4) is 0 Å². The lowest BCUT2D eigenvalue weighted by Gasteiger charge is -2.16. The van der Waals surface area contributed by atoms with Crippen molar-refractivity contribution in [2.75, 3.05) is 32.3 Å². The number of ether oxygens (including phenoxy) is 3. The van der Waals surface area contributed by atoms with Crippen LogP contribution >= 0.6 is 0 Å². The van der Waals surface area contributed by atoms with Gasteiger partial charge < -0.3 is 19.5 Å². The van der Waals surface area contributed by atoms with Crippen LogP contribution in [0.2, 0.25) is 0 Å². The van der Waals surface area contributed by atoms with Gasteiger partial charge in [-0.25, -0.2) is 9.69 Å². The maximum atomic E-state index is 12.8. The van der Waals surface area contributed by atoms with Crippen molar-refractivity contribution in [1.29, 1.82) is 0 Å². The van der Waals surface area contributed by atoms with Crippen LogP contribution in [0.1, 0.15) is 29.3 Å². The summed E-state index contributed by atoms with van der Waals surface area (Å²) in [5, 5.41) is 3.16. The molecule has 8 heteroatoms. The minimum absolute atomic E-state index is 0.0877. The number of imide groups is 1. The molecule has 1 atom stereocenters. The van der Waals surface area contributed by atoms with Crippen LogP contribution < -0.4 is 19.7 Å². The second-order valence-electron chi connectivity index (χ2n) is 6.98. The zero-order valence-electron chi connectivity index (χ0n) is 17.8. The Morgan fingerprint density at radius 2 is 1.77 bits per heavy atom. The number of hydrogen-bond donors (Lipinski definition) is 1.